The van der Waals surface area contributed by atoms with Crippen LogP contribution in [0.3, 0.4) is 0 Å². The van der Waals surface area contributed by atoms with Crippen molar-refractivity contribution < 1.29 is 13.6 Å². The Hall–Kier alpha value is -1.76. The lowest BCUT2D eigenvalue weighted by atomic mass is 10.3. The molecule has 1 aromatic rings. The SMILES string of the molecule is NCCN(CC(F)F)C(=O)c1cccc(=O)[nH]1. The maximum atomic E-state index is 12.3. The maximum Gasteiger partial charge on any atom is 0.270 e. The summed E-state index contributed by atoms with van der Waals surface area (Å²) >= 11 is 0. The second-order valence-electron chi connectivity index (χ2n) is 3.36. The summed E-state index contributed by atoms with van der Waals surface area (Å²) in [5.74, 6) is -0.659. The number of hydrogen-bond acceptors (Lipinski definition) is 3. The van der Waals surface area contributed by atoms with Gasteiger partial charge >= 0.3 is 0 Å². The van der Waals surface area contributed by atoms with Gasteiger partial charge in [-0.1, -0.05) is 6.07 Å². The summed E-state index contributed by atoms with van der Waals surface area (Å²) in [4.78, 5) is 26.0. The van der Waals surface area contributed by atoms with Crippen molar-refractivity contribution >= 4 is 5.91 Å². The van der Waals surface area contributed by atoms with Crippen LogP contribution in [0, 0.1) is 0 Å². The van der Waals surface area contributed by atoms with Crippen molar-refractivity contribution in [2.45, 2.75) is 6.43 Å². The van der Waals surface area contributed by atoms with E-state index in [0.717, 1.165) is 4.90 Å². The molecule has 1 amide bonds. The van der Waals surface area contributed by atoms with Gasteiger partial charge in [-0.3, -0.25) is 9.59 Å². The first-order chi connectivity index (χ1) is 8.04. The van der Waals surface area contributed by atoms with Crippen molar-refractivity contribution in [2.24, 2.45) is 5.73 Å². The first kappa shape index (κ1) is 13.3. The first-order valence-electron chi connectivity index (χ1n) is 5.01. The number of nitrogens with zero attached hydrogens (tertiary/aromatic N) is 1. The van der Waals surface area contributed by atoms with Gasteiger partial charge in [-0.05, 0) is 6.07 Å². The largest absolute Gasteiger partial charge is 0.330 e. The number of amides is 1. The van der Waals surface area contributed by atoms with E-state index < -0.39 is 24.4 Å². The fourth-order valence-electron chi connectivity index (χ4n) is 1.34. The van der Waals surface area contributed by atoms with Gasteiger partial charge < -0.3 is 15.6 Å². The van der Waals surface area contributed by atoms with Crippen LogP contribution in [0.5, 0.6) is 0 Å². The second kappa shape index (κ2) is 6.09. The van der Waals surface area contributed by atoms with Crippen LogP contribution in [0.25, 0.3) is 0 Å². The molecule has 0 unspecified atom stereocenters. The van der Waals surface area contributed by atoms with Crippen molar-refractivity contribution in [3.8, 4) is 0 Å². The van der Waals surface area contributed by atoms with Crippen molar-refractivity contribution in [3.63, 3.8) is 0 Å². The van der Waals surface area contributed by atoms with Crippen LogP contribution in [0.15, 0.2) is 23.0 Å². The van der Waals surface area contributed by atoms with Crippen molar-refractivity contribution in [1.82, 2.24) is 9.88 Å². The lowest BCUT2D eigenvalue weighted by Gasteiger charge is -2.21. The molecule has 5 nitrogen and oxygen atoms in total. The van der Waals surface area contributed by atoms with Gasteiger partial charge in [0.15, 0.2) is 0 Å². The molecule has 94 valence electrons. The molecule has 0 fully saturated rings. The van der Waals surface area contributed by atoms with Gasteiger partial charge in [-0.2, -0.15) is 0 Å². The number of H-pyrrole nitrogens is 1. The Bertz CT molecular complexity index is 434. The Morgan fingerprint density at radius 2 is 2.18 bits per heavy atom. The lowest BCUT2D eigenvalue weighted by molar-refractivity contribution is 0.0557. The number of carbonyl (C=O) groups excluding carboxylic acids is 1. The van der Waals surface area contributed by atoms with E-state index in [1.807, 2.05) is 0 Å². The molecule has 0 aliphatic rings. The van der Waals surface area contributed by atoms with E-state index in [0.29, 0.717) is 0 Å². The Labute approximate surface area is 96.2 Å². The van der Waals surface area contributed by atoms with Crippen molar-refractivity contribution in [2.75, 3.05) is 19.6 Å². The molecule has 0 aromatic carbocycles. The number of carbonyl (C=O) groups is 1. The minimum atomic E-state index is -2.64. The predicted octanol–water partition coefficient (Wildman–Crippen LogP) is 0.0409. The normalized spacial score (nSPS) is 10.6. The highest BCUT2D eigenvalue weighted by molar-refractivity contribution is 5.92. The summed E-state index contributed by atoms with van der Waals surface area (Å²) in [5.41, 5.74) is 4.76. The molecule has 1 heterocycles. The van der Waals surface area contributed by atoms with Crippen LogP contribution < -0.4 is 11.3 Å². The molecule has 0 saturated heterocycles. The Kier molecular flexibility index (Phi) is 4.77. The summed E-state index contributed by atoms with van der Waals surface area (Å²) in [6.45, 7) is -0.609. The number of aromatic nitrogens is 1. The average Bonchev–Trinajstić information content (AvgIpc) is 2.27. The predicted molar refractivity (Wildman–Crippen MR) is 58.0 cm³/mol. The van der Waals surface area contributed by atoms with Gasteiger partial charge in [-0.15, -0.1) is 0 Å². The van der Waals surface area contributed by atoms with E-state index in [2.05, 4.69) is 4.98 Å². The fraction of sp³-hybridized carbons (Fsp3) is 0.400. The number of nitrogens with one attached hydrogen (secondary N) is 1. The fourth-order valence-corrected chi connectivity index (χ4v) is 1.34. The molecule has 0 saturated carbocycles. The molecule has 0 bridgehead atoms. The highest BCUT2D eigenvalue weighted by atomic mass is 19.3. The zero-order valence-electron chi connectivity index (χ0n) is 9.03. The second-order valence-corrected chi connectivity index (χ2v) is 3.36. The summed E-state index contributed by atoms with van der Waals surface area (Å²) in [5, 5.41) is 0. The molecular weight excluding hydrogens is 232 g/mol. The molecule has 7 heteroatoms. The van der Waals surface area contributed by atoms with E-state index in [1.165, 1.54) is 18.2 Å². The van der Waals surface area contributed by atoms with Gasteiger partial charge in [0, 0.05) is 19.2 Å². The van der Waals surface area contributed by atoms with Crippen molar-refractivity contribution in [3.05, 3.63) is 34.2 Å². The molecule has 1 rings (SSSR count). The number of pyridine rings is 1. The van der Waals surface area contributed by atoms with Crippen LogP contribution in [-0.2, 0) is 0 Å². The summed E-state index contributed by atoms with van der Waals surface area (Å²) in [7, 11) is 0. The Balaban J connectivity index is 2.87. The van der Waals surface area contributed by atoms with Gasteiger partial charge in [-0.25, -0.2) is 8.78 Å². The summed E-state index contributed by atoms with van der Waals surface area (Å²) in [6.07, 6.45) is -2.64. The molecule has 3 N–H and O–H groups in total. The third-order valence-electron chi connectivity index (χ3n) is 2.04. The van der Waals surface area contributed by atoms with E-state index in [1.54, 1.807) is 0 Å². The number of alkyl halides is 2. The third-order valence-corrected chi connectivity index (χ3v) is 2.04. The minimum absolute atomic E-state index is 0.0140. The molecule has 0 spiro atoms. The molecule has 0 aliphatic carbocycles. The smallest absolute Gasteiger partial charge is 0.270 e. The first-order valence-corrected chi connectivity index (χ1v) is 5.01. The standard InChI is InChI=1S/C10H13F2N3O2/c11-8(12)6-15(5-4-13)10(17)7-2-1-3-9(16)14-7/h1-3,8H,4-6,13H2,(H,14,16). The Morgan fingerprint density at radius 3 is 2.71 bits per heavy atom. The monoisotopic (exact) mass is 245 g/mol. The van der Waals surface area contributed by atoms with Gasteiger partial charge in [0.2, 0.25) is 5.56 Å². The Morgan fingerprint density at radius 1 is 1.47 bits per heavy atom. The molecular formula is C10H13F2N3O2. The van der Waals surface area contributed by atoms with E-state index in [4.69, 9.17) is 5.73 Å². The number of rotatable bonds is 5. The van der Waals surface area contributed by atoms with Gasteiger partial charge in [0.1, 0.15) is 5.69 Å². The van der Waals surface area contributed by atoms with Gasteiger partial charge in [0.25, 0.3) is 12.3 Å². The molecule has 1 aromatic heterocycles. The highest BCUT2D eigenvalue weighted by Crippen LogP contribution is 2.03. The van der Waals surface area contributed by atoms with Gasteiger partial charge in [0.05, 0.1) is 6.54 Å². The molecule has 0 radical (unpaired) electrons. The number of hydrogen-bond donors (Lipinski definition) is 2. The average molecular weight is 245 g/mol. The third kappa shape index (κ3) is 3.95. The number of nitrogens with two attached hydrogens (primary N) is 1. The topological polar surface area (TPSA) is 79.2 Å². The molecule has 17 heavy (non-hydrogen) atoms. The maximum absolute atomic E-state index is 12.3. The highest BCUT2D eigenvalue weighted by Gasteiger charge is 2.19. The van der Waals surface area contributed by atoms with E-state index in [9.17, 15) is 18.4 Å². The van der Waals surface area contributed by atoms with Crippen LogP contribution in [0.4, 0.5) is 8.78 Å². The zero-order chi connectivity index (χ0) is 12.8. The minimum Gasteiger partial charge on any atom is -0.330 e. The summed E-state index contributed by atoms with van der Waals surface area (Å²) in [6, 6.07) is 3.98. The van der Waals surface area contributed by atoms with Crippen LogP contribution in [0.1, 0.15) is 10.5 Å². The van der Waals surface area contributed by atoms with E-state index >= 15 is 0 Å². The lowest BCUT2D eigenvalue weighted by Crippen LogP contribution is -2.39. The van der Waals surface area contributed by atoms with Crippen LogP contribution in [-0.4, -0.2) is 41.9 Å². The molecule has 0 atom stereocenters. The van der Waals surface area contributed by atoms with Crippen molar-refractivity contribution in [1.29, 1.82) is 0 Å². The summed E-state index contributed by atoms with van der Waals surface area (Å²) < 4.78 is 24.5. The number of halogens is 2. The van der Waals surface area contributed by atoms with Crippen LogP contribution >= 0.6 is 0 Å². The molecule has 0 aliphatic heterocycles. The zero-order valence-corrected chi connectivity index (χ0v) is 9.03. The van der Waals surface area contributed by atoms with E-state index in [-0.39, 0.29) is 18.8 Å². The van der Waals surface area contributed by atoms with Crippen LogP contribution in [0.2, 0.25) is 0 Å². The number of aromatic amines is 1. The quantitative estimate of drug-likeness (QED) is 0.768.